The molecule has 0 spiro atoms. The summed E-state index contributed by atoms with van der Waals surface area (Å²) in [6, 6.07) is 10.1. The van der Waals surface area contributed by atoms with E-state index in [9.17, 15) is 14.7 Å². The molecule has 0 saturated carbocycles. The lowest BCUT2D eigenvalue weighted by Crippen LogP contribution is -2.10. The minimum absolute atomic E-state index is 0.0197. The van der Waals surface area contributed by atoms with Gasteiger partial charge in [0.15, 0.2) is 11.5 Å². The molecule has 0 amide bonds. The van der Waals surface area contributed by atoms with E-state index >= 15 is 0 Å². The predicted octanol–water partition coefficient (Wildman–Crippen LogP) is 3.16. The molecule has 2 aromatic carbocycles. The molecule has 1 unspecified atom stereocenters. The fraction of sp³-hybridized carbons (Fsp3) is 0.222. The van der Waals surface area contributed by atoms with E-state index in [2.05, 4.69) is 0 Å². The molecule has 0 aliphatic carbocycles. The molecule has 1 aliphatic heterocycles. The van der Waals surface area contributed by atoms with Gasteiger partial charge in [-0.3, -0.25) is 0 Å². The second-order valence-corrected chi connectivity index (χ2v) is 5.71. The highest BCUT2D eigenvalue weighted by molar-refractivity contribution is 6.01. The quantitative estimate of drug-likeness (QED) is 0.876. The molecule has 3 rings (SSSR count). The third kappa shape index (κ3) is 3.03. The molecule has 6 nitrogen and oxygen atoms in total. The number of carboxylic acid groups (broad SMARTS) is 2. The third-order valence-electron chi connectivity index (χ3n) is 4.05. The first-order chi connectivity index (χ1) is 11.5. The van der Waals surface area contributed by atoms with E-state index in [0.717, 1.165) is 11.1 Å². The minimum atomic E-state index is -1.25. The maximum atomic E-state index is 11.3. The highest BCUT2D eigenvalue weighted by Crippen LogP contribution is 2.34. The number of ether oxygens (including phenoxy) is 2. The second-order valence-electron chi connectivity index (χ2n) is 5.71. The van der Waals surface area contributed by atoms with E-state index in [1.54, 1.807) is 6.07 Å². The monoisotopic (exact) mass is 328 g/mol. The summed E-state index contributed by atoms with van der Waals surface area (Å²) in [6.07, 6.45) is 0.669. The van der Waals surface area contributed by atoms with Crippen molar-refractivity contribution in [2.24, 2.45) is 0 Å². The smallest absolute Gasteiger partial charge is 0.336 e. The molecule has 0 bridgehead atoms. The molecule has 6 heteroatoms. The first kappa shape index (κ1) is 15.9. The lowest BCUT2D eigenvalue weighted by Gasteiger charge is -2.14. The molecule has 0 radical (unpaired) electrons. The summed E-state index contributed by atoms with van der Waals surface area (Å²) in [5, 5.41) is 18.3. The Morgan fingerprint density at radius 2 is 1.71 bits per heavy atom. The van der Waals surface area contributed by atoms with E-state index in [-0.39, 0.29) is 23.8 Å². The van der Waals surface area contributed by atoms with Crippen LogP contribution in [0.15, 0.2) is 36.4 Å². The predicted molar refractivity (Wildman–Crippen MR) is 85.0 cm³/mol. The van der Waals surface area contributed by atoms with Crippen molar-refractivity contribution in [3.05, 3.63) is 58.7 Å². The van der Waals surface area contributed by atoms with Crippen LogP contribution in [-0.2, 0) is 6.42 Å². The van der Waals surface area contributed by atoms with Gasteiger partial charge in [-0.05, 0) is 47.7 Å². The lowest BCUT2D eigenvalue weighted by molar-refractivity contribution is 0.0651. The van der Waals surface area contributed by atoms with Crippen LogP contribution in [0.3, 0.4) is 0 Å². The average Bonchev–Trinajstić information content (AvgIpc) is 3.01. The highest BCUT2D eigenvalue weighted by Gasteiger charge is 2.19. The number of benzene rings is 2. The van der Waals surface area contributed by atoms with Crippen molar-refractivity contribution in [1.82, 2.24) is 0 Å². The van der Waals surface area contributed by atoms with Gasteiger partial charge in [0.2, 0.25) is 6.79 Å². The van der Waals surface area contributed by atoms with Crippen molar-refractivity contribution >= 4 is 11.9 Å². The molecule has 1 aliphatic rings. The van der Waals surface area contributed by atoms with E-state index in [4.69, 9.17) is 14.6 Å². The Hall–Kier alpha value is -3.02. The van der Waals surface area contributed by atoms with Gasteiger partial charge in [-0.2, -0.15) is 0 Å². The molecule has 2 N–H and O–H groups in total. The molecular weight excluding hydrogens is 312 g/mol. The summed E-state index contributed by atoms with van der Waals surface area (Å²) in [4.78, 5) is 22.4. The van der Waals surface area contributed by atoms with Crippen LogP contribution in [0.5, 0.6) is 11.5 Å². The number of carboxylic acids is 2. The zero-order valence-corrected chi connectivity index (χ0v) is 13.0. The van der Waals surface area contributed by atoms with Crippen molar-refractivity contribution in [2.45, 2.75) is 19.3 Å². The van der Waals surface area contributed by atoms with Crippen LogP contribution in [0.25, 0.3) is 0 Å². The molecule has 1 heterocycles. The van der Waals surface area contributed by atoms with Crippen molar-refractivity contribution in [3.8, 4) is 11.5 Å². The van der Waals surface area contributed by atoms with E-state index in [0.29, 0.717) is 17.9 Å². The number of hydrogen-bond donors (Lipinski definition) is 2. The molecule has 2 aromatic rings. The average molecular weight is 328 g/mol. The second kappa shape index (κ2) is 6.23. The van der Waals surface area contributed by atoms with Crippen LogP contribution in [0.2, 0.25) is 0 Å². The van der Waals surface area contributed by atoms with Gasteiger partial charge in [0.05, 0.1) is 11.1 Å². The fourth-order valence-electron chi connectivity index (χ4n) is 2.77. The van der Waals surface area contributed by atoms with Crippen LogP contribution in [-0.4, -0.2) is 28.9 Å². The minimum Gasteiger partial charge on any atom is -0.478 e. The molecule has 0 fully saturated rings. The molecule has 24 heavy (non-hydrogen) atoms. The molecule has 1 atom stereocenters. The molecule has 0 saturated heterocycles. The van der Waals surface area contributed by atoms with Gasteiger partial charge >= 0.3 is 11.9 Å². The Kier molecular flexibility index (Phi) is 4.12. The molecule has 0 aromatic heterocycles. The normalized spacial score (nSPS) is 13.5. The number of fused-ring (bicyclic) bond motifs is 1. The van der Waals surface area contributed by atoms with Gasteiger partial charge in [-0.15, -0.1) is 0 Å². The Balaban J connectivity index is 1.84. The van der Waals surface area contributed by atoms with Crippen LogP contribution >= 0.6 is 0 Å². The Labute approximate surface area is 138 Å². The number of rotatable bonds is 5. The van der Waals surface area contributed by atoms with Gasteiger partial charge in [-0.25, -0.2) is 9.59 Å². The summed E-state index contributed by atoms with van der Waals surface area (Å²) in [6.45, 7) is 2.18. The van der Waals surface area contributed by atoms with Gasteiger partial charge in [-0.1, -0.05) is 19.1 Å². The van der Waals surface area contributed by atoms with Gasteiger partial charge in [0.25, 0.3) is 0 Å². The number of carbonyl (C=O) groups is 2. The van der Waals surface area contributed by atoms with Gasteiger partial charge in [0.1, 0.15) is 0 Å². The highest BCUT2D eigenvalue weighted by atomic mass is 16.7. The standard InChI is InChI=1S/C18H16O6/c1-10(6-11-2-5-15-16(7-11)24-9-23-15)12-3-4-13(17(19)20)14(8-12)18(21)22/h2-5,7-8,10H,6,9H2,1H3,(H,19,20)(H,21,22). The number of hydrogen-bond acceptors (Lipinski definition) is 4. The maximum absolute atomic E-state index is 11.3. The largest absolute Gasteiger partial charge is 0.478 e. The topological polar surface area (TPSA) is 93.1 Å². The summed E-state index contributed by atoms with van der Waals surface area (Å²) < 4.78 is 10.6. The SMILES string of the molecule is CC(Cc1ccc2c(c1)OCO2)c1ccc(C(=O)O)c(C(=O)O)c1. The maximum Gasteiger partial charge on any atom is 0.336 e. The lowest BCUT2D eigenvalue weighted by atomic mass is 9.91. The van der Waals surface area contributed by atoms with E-state index in [1.165, 1.54) is 12.1 Å². The first-order valence-corrected chi connectivity index (χ1v) is 7.44. The molecule has 124 valence electrons. The summed E-state index contributed by atoms with van der Waals surface area (Å²) >= 11 is 0. The Morgan fingerprint density at radius 1 is 1.00 bits per heavy atom. The van der Waals surface area contributed by atoms with Crippen LogP contribution < -0.4 is 9.47 Å². The fourth-order valence-corrected chi connectivity index (χ4v) is 2.77. The third-order valence-corrected chi connectivity index (χ3v) is 4.05. The van der Waals surface area contributed by atoms with Gasteiger partial charge < -0.3 is 19.7 Å². The van der Waals surface area contributed by atoms with Crippen LogP contribution in [0.4, 0.5) is 0 Å². The van der Waals surface area contributed by atoms with Crippen molar-refractivity contribution in [1.29, 1.82) is 0 Å². The van der Waals surface area contributed by atoms with E-state index < -0.39 is 11.9 Å². The Morgan fingerprint density at radius 3 is 2.42 bits per heavy atom. The van der Waals surface area contributed by atoms with Crippen molar-refractivity contribution in [2.75, 3.05) is 6.79 Å². The Bertz CT molecular complexity index is 811. The van der Waals surface area contributed by atoms with E-state index in [1.807, 2.05) is 25.1 Å². The van der Waals surface area contributed by atoms with Crippen molar-refractivity contribution in [3.63, 3.8) is 0 Å². The van der Waals surface area contributed by atoms with Crippen LogP contribution in [0, 0.1) is 0 Å². The van der Waals surface area contributed by atoms with Crippen LogP contribution in [0.1, 0.15) is 44.7 Å². The summed E-state index contributed by atoms with van der Waals surface area (Å²) in [5.74, 6) is -1.06. The summed E-state index contributed by atoms with van der Waals surface area (Å²) in [7, 11) is 0. The van der Waals surface area contributed by atoms with Gasteiger partial charge in [0, 0.05) is 0 Å². The summed E-state index contributed by atoms with van der Waals surface area (Å²) in [5.41, 5.74) is 1.40. The molecular formula is C18H16O6. The zero-order valence-electron chi connectivity index (χ0n) is 13.0. The number of aromatic carboxylic acids is 2. The first-order valence-electron chi connectivity index (χ1n) is 7.44. The zero-order chi connectivity index (χ0) is 17.3. The van der Waals surface area contributed by atoms with Crippen molar-refractivity contribution < 1.29 is 29.3 Å².